The summed E-state index contributed by atoms with van der Waals surface area (Å²) in [4.78, 5) is 20.9. The molecule has 1 aromatic rings. The number of nitrogens with zero attached hydrogens (tertiary/aromatic N) is 3. The predicted octanol–water partition coefficient (Wildman–Crippen LogP) is 3.51. The van der Waals surface area contributed by atoms with E-state index in [1.165, 1.54) is 5.57 Å². The van der Waals surface area contributed by atoms with E-state index < -0.39 is 0 Å². The van der Waals surface area contributed by atoms with Crippen molar-refractivity contribution < 1.29 is 4.79 Å². The van der Waals surface area contributed by atoms with Gasteiger partial charge in [-0.3, -0.25) is 14.7 Å². The molecule has 0 radical (unpaired) electrons. The van der Waals surface area contributed by atoms with Crippen LogP contribution in [0.1, 0.15) is 30.6 Å². The van der Waals surface area contributed by atoms with Crippen molar-refractivity contribution in [3.8, 4) is 0 Å². The fourth-order valence-electron chi connectivity index (χ4n) is 2.74. The Bertz CT molecular complexity index is 590. The number of rotatable bonds is 5. The number of halogens is 1. The zero-order chi connectivity index (χ0) is 16.7. The Labute approximate surface area is 147 Å². The normalized spacial score (nSPS) is 17.0. The van der Waals surface area contributed by atoms with E-state index in [2.05, 4.69) is 51.0 Å². The lowest BCUT2D eigenvalue weighted by molar-refractivity contribution is 0.0648. The average Bonchev–Trinajstić information content (AvgIpc) is 2.55. The monoisotopic (exact) mass is 377 g/mol. The van der Waals surface area contributed by atoms with Crippen LogP contribution in [-0.2, 0) is 0 Å². The second kappa shape index (κ2) is 8.99. The van der Waals surface area contributed by atoms with E-state index in [0.29, 0.717) is 5.56 Å². The molecule has 1 aromatic heterocycles. The van der Waals surface area contributed by atoms with Crippen molar-refractivity contribution in [2.45, 2.75) is 20.3 Å². The van der Waals surface area contributed by atoms with Gasteiger partial charge in [0.25, 0.3) is 5.91 Å². The van der Waals surface area contributed by atoms with E-state index in [1.807, 2.05) is 17.9 Å². The summed E-state index contributed by atoms with van der Waals surface area (Å²) in [6, 6.07) is 1.83. The molecule has 1 amide bonds. The van der Waals surface area contributed by atoms with Crippen LogP contribution in [0.15, 0.2) is 46.7 Å². The highest BCUT2D eigenvalue weighted by Crippen LogP contribution is 2.14. The third-order valence-electron chi connectivity index (χ3n) is 3.86. The maximum Gasteiger partial charge on any atom is 0.255 e. The number of piperazine rings is 1. The van der Waals surface area contributed by atoms with Gasteiger partial charge in [0, 0.05) is 49.6 Å². The van der Waals surface area contributed by atoms with Crippen molar-refractivity contribution in [1.82, 2.24) is 14.8 Å². The third kappa shape index (κ3) is 5.29. The van der Waals surface area contributed by atoms with E-state index in [4.69, 9.17) is 0 Å². The van der Waals surface area contributed by atoms with E-state index in [0.717, 1.165) is 43.6 Å². The Hall–Kier alpha value is -1.46. The second-order valence-electron chi connectivity index (χ2n) is 5.65. The number of hydrogen-bond acceptors (Lipinski definition) is 3. The quantitative estimate of drug-likeness (QED) is 0.736. The molecule has 4 nitrogen and oxygen atoms in total. The van der Waals surface area contributed by atoms with Gasteiger partial charge in [-0.25, -0.2) is 0 Å². The molecular formula is C18H24BrN3O. The topological polar surface area (TPSA) is 36.4 Å². The van der Waals surface area contributed by atoms with Crippen molar-refractivity contribution in [3.63, 3.8) is 0 Å². The fraction of sp³-hybridized carbons (Fsp3) is 0.444. The molecular weight excluding hydrogens is 354 g/mol. The molecule has 0 atom stereocenters. The van der Waals surface area contributed by atoms with E-state index in [1.54, 1.807) is 12.4 Å². The Morgan fingerprint density at radius 2 is 2.04 bits per heavy atom. The van der Waals surface area contributed by atoms with Gasteiger partial charge < -0.3 is 4.90 Å². The Kier molecular flexibility index (Phi) is 6.99. The Morgan fingerprint density at radius 3 is 2.65 bits per heavy atom. The first kappa shape index (κ1) is 17.9. The lowest BCUT2D eigenvalue weighted by Gasteiger charge is -2.35. The summed E-state index contributed by atoms with van der Waals surface area (Å²) in [5.41, 5.74) is 2.00. The third-order valence-corrected chi connectivity index (χ3v) is 4.30. The Morgan fingerprint density at radius 1 is 1.30 bits per heavy atom. The highest BCUT2D eigenvalue weighted by atomic mass is 79.9. The van der Waals surface area contributed by atoms with Crippen LogP contribution in [0, 0.1) is 0 Å². The molecule has 23 heavy (non-hydrogen) atoms. The molecule has 0 bridgehead atoms. The summed E-state index contributed by atoms with van der Waals surface area (Å²) in [5.74, 6) is 0.0660. The largest absolute Gasteiger partial charge is 0.336 e. The van der Waals surface area contributed by atoms with E-state index in [-0.39, 0.29) is 5.91 Å². The lowest BCUT2D eigenvalue weighted by Crippen LogP contribution is -2.49. The first-order valence-electron chi connectivity index (χ1n) is 8.08. The van der Waals surface area contributed by atoms with Gasteiger partial charge in [0.15, 0.2) is 0 Å². The maximum atomic E-state index is 12.5. The minimum atomic E-state index is 0.0660. The summed E-state index contributed by atoms with van der Waals surface area (Å²) in [7, 11) is 0. The lowest BCUT2D eigenvalue weighted by atomic mass is 10.1. The summed E-state index contributed by atoms with van der Waals surface area (Å²) < 4.78 is 0.836. The number of aromatic nitrogens is 1. The van der Waals surface area contributed by atoms with E-state index in [9.17, 15) is 4.79 Å². The van der Waals surface area contributed by atoms with Crippen LogP contribution in [0.25, 0.3) is 0 Å². The van der Waals surface area contributed by atoms with Crippen molar-refractivity contribution in [1.29, 1.82) is 0 Å². The van der Waals surface area contributed by atoms with Crippen LogP contribution in [0.2, 0.25) is 0 Å². The number of amides is 1. The van der Waals surface area contributed by atoms with Crippen molar-refractivity contribution in [3.05, 3.63) is 52.3 Å². The van der Waals surface area contributed by atoms with Crippen molar-refractivity contribution in [2.75, 3.05) is 32.7 Å². The Balaban J connectivity index is 1.91. The number of allylic oxidation sites excluding steroid dienone is 2. The first-order valence-corrected chi connectivity index (χ1v) is 8.87. The maximum absolute atomic E-state index is 12.5. The van der Waals surface area contributed by atoms with Crippen LogP contribution in [0.5, 0.6) is 0 Å². The summed E-state index contributed by atoms with van der Waals surface area (Å²) >= 11 is 3.37. The fourth-order valence-corrected chi connectivity index (χ4v) is 3.11. The van der Waals surface area contributed by atoms with Gasteiger partial charge in [-0.2, -0.15) is 0 Å². The molecule has 1 fully saturated rings. The van der Waals surface area contributed by atoms with Gasteiger partial charge in [-0.05, 0) is 40.9 Å². The minimum Gasteiger partial charge on any atom is -0.336 e. The SMILES string of the molecule is C/C=C\C(=C/CC)CN1CCN(C(=O)c2cncc(Br)c2)CC1. The van der Waals surface area contributed by atoms with Gasteiger partial charge >= 0.3 is 0 Å². The van der Waals surface area contributed by atoms with Gasteiger partial charge in [0.05, 0.1) is 5.56 Å². The van der Waals surface area contributed by atoms with Gasteiger partial charge in [-0.15, -0.1) is 0 Å². The molecule has 2 heterocycles. The van der Waals surface area contributed by atoms with Gasteiger partial charge in [0.1, 0.15) is 0 Å². The zero-order valence-corrected chi connectivity index (χ0v) is 15.4. The molecule has 1 saturated heterocycles. The smallest absolute Gasteiger partial charge is 0.255 e. The molecule has 2 rings (SSSR count). The molecule has 0 aliphatic carbocycles. The van der Waals surface area contributed by atoms with Crippen LogP contribution in [0.3, 0.4) is 0 Å². The average molecular weight is 378 g/mol. The van der Waals surface area contributed by atoms with Gasteiger partial charge in [-0.1, -0.05) is 25.2 Å². The number of hydrogen-bond donors (Lipinski definition) is 0. The van der Waals surface area contributed by atoms with Crippen LogP contribution < -0.4 is 0 Å². The molecule has 1 aliphatic rings. The summed E-state index contributed by atoms with van der Waals surface area (Å²) in [6.07, 6.45) is 10.9. The van der Waals surface area contributed by atoms with Crippen molar-refractivity contribution >= 4 is 21.8 Å². The van der Waals surface area contributed by atoms with Crippen LogP contribution in [0.4, 0.5) is 0 Å². The molecule has 124 valence electrons. The highest BCUT2D eigenvalue weighted by Gasteiger charge is 2.22. The number of carbonyl (C=O) groups excluding carboxylic acids is 1. The summed E-state index contributed by atoms with van der Waals surface area (Å²) in [5, 5.41) is 0. The van der Waals surface area contributed by atoms with E-state index >= 15 is 0 Å². The molecule has 0 aromatic carbocycles. The standard InChI is InChI=1S/C18H24BrN3O/c1-3-5-15(6-4-2)14-21-7-9-22(10-8-21)18(23)16-11-17(19)13-20-12-16/h3,5-6,11-13H,4,7-10,14H2,1-2H3/b5-3-,15-6+. The second-order valence-corrected chi connectivity index (χ2v) is 6.56. The van der Waals surface area contributed by atoms with Gasteiger partial charge in [0.2, 0.25) is 0 Å². The minimum absolute atomic E-state index is 0.0660. The molecule has 5 heteroatoms. The predicted molar refractivity (Wildman–Crippen MR) is 97.5 cm³/mol. The molecule has 0 unspecified atom stereocenters. The summed E-state index contributed by atoms with van der Waals surface area (Å²) in [6.45, 7) is 8.51. The first-order chi connectivity index (χ1) is 11.1. The highest BCUT2D eigenvalue weighted by molar-refractivity contribution is 9.10. The van der Waals surface area contributed by atoms with Crippen LogP contribution >= 0.6 is 15.9 Å². The van der Waals surface area contributed by atoms with Crippen LogP contribution in [-0.4, -0.2) is 53.4 Å². The molecule has 0 spiro atoms. The molecule has 0 N–H and O–H groups in total. The van der Waals surface area contributed by atoms with Crippen molar-refractivity contribution in [2.24, 2.45) is 0 Å². The molecule has 1 aliphatic heterocycles. The number of carbonyl (C=O) groups is 1. The number of pyridine rings is 1. The zero-order valence-electron chi connectivity index (χ0n) is 13.8. The molecule has 0 saturated carbocycles.